The number of carbonyl (C=O) groups excluding carboxylic acids is 2. The van der Waals surface area contributed by atoms with Crippen LogP contribution in [0.15, 0.2) is 30.9 Å². The minimum absolute atomic E-state index is 0.0494. The molecule has 0 radical (unpaired) electrons. The Bertz CT molecular complexity index is 621. The first-order chi connectivity index (χ1) is 9.29. The Kier molecular flexibility index (Phi) is 2.83. The molecule has 3 rings (SSSR count). The number of pyridine rings is 1. The molecule has 0 atom stereocenters. The molecule has 1 aliphatic heterocycles. The van der Waals surface area contributed by atoms with E-state index in [-0.39, 0.29) is 5.91 Å². The second-order valence-electron chi connectivity index (χ2n) is 4.35. The number of imidazole rings is 1. The van der Waals surface area contributed by atoms with E-state index >= 15 is 0 Å². The highest BCUT2D eigenvalue weighted by atomic mass is 16.2. The topological polar surface area (TPSA) is 68.1 Å². The molecular formula is C13H12N4O2. The van der Waals surface area contributed by atoms with Crippen LogP contribution >= 0.6 is 0 Å². The molecule has 0 saturated carbocycles. The van der Waals surface area contributed by atoms with Gasteiger partial charge in [0.1, 0.15) is 5.69 Å². The van der Waals surface area contributed by atoms with Gasteiger partial charge < -0.3 is 9.47 Å². The molecule has 0 saturated heterocycles. The molecule has 96 valence electrons. The van der Waals surface area contributed by atoms with Crippen molar-refractivity contribution < 1.29 is 9.59 Å². The summed E-state index contributed by atoms with van der Waals surface area (Å²) in [7, 11) is 0. The van der Waals surface area contributed by atoms with Crippen molar-refractivity contribution in [1.29, 1.82) is 0 Å². The molecule has 2 aromatic rings. The Morgan fingerprint density at radius 2 is 2.05 bits per heavy atom. The maximum atomic E-state index is 12.3. The Balaban J connectivity index is 1.86. The SMILES string of the molecule is O=Cc1ncn2c1CN(C(=O)c1ccncc1)CC2. The highest BCUT2D eigenvalue weighted by Crippen LogP contribution is 2.17. The molecule has 6 heteroatoms. The lowest BCUT2D eigenvalue weighted by Crippen LogP contribution is -2.38. The number of hydrogen-bond acceptors (Lipinski definition) is 4. The summed E-state index contributed by atoms with van der Waals surface area (Å²) in [6, 6.07) is 3.38. The zero-order valence-electron chi connectivity index (χ0n) is 10.2. The van der Waals surface area contributed by atoms with Gasteiger partial charge in [0.25, 0.3) is 5.91 Å². The van der Waals surface area contributed by atoms with Crippen LogP contribution in [0.25, 0.3) is 0 Å². The molecular weight excluding hydrogens is 244 g/mol. The van der Waals surface area contributed by atoms with E-state index in [1.165, 1.54) is 0 Å². The van der Waals surface area contributed by atoms with Gasteiger partial charge in [-0.05, 0) is 12.1 Å². The van der Waals surface area contributed by atoms with Gasteiger partial charge in [0.2, 0.25) is 0 Å². The number of nitrogens with zero attached hydrogens (tertiary/aromatic N) is 4. The summed E-state index contributed by atoms with van der Waals surface area (Å²) in [6.07, 6.45) is 5.57. The zero-order valence-corrected chi connectivity index (χ0v) is 10.2. The molecule has 0 spiro atoms. The summed E-state index contributed by atoms with van der Waals surface area (Å²) in [5.74, 6) is -0.0494. The third-order valence-electron chi connectivity index (χ3n) is 3.26. The van der Waals surface area contributed by atoms with Crippen LogP contribution in [-0.4, -0.2) is 38.2 Å². The van der Waals surface area contributed by atoms with E-state index in [0.29, 0.717) is 30.9 Å². The average molecular weight is 256 g/mol. The third kappa shape index (κ3) is 2.01. The van der Waals surface area contributed by atoms with Gasteiger partial charge in [-0.2, -0.15) is 0 Å². The maximum absolute atomic E-state index is 12.3. The first kappa shape index (κ1) is 11.6. The molecule has 0 aliphatic carbocycles. The lowest BCUT2D eigenvalue weighted by atomic mass is 10.2. The first-order valence-electron chi connectivity index (χ1n) is 5.98. The molecule has 6 nitrogen and oxygen atoms in total. The van der Waals surface area contributed by atoms with Crippen molar-refractivity contribution in [3.63, 3.8) is 0 Å². The predicted octanol–water partition coefficient (Wildman–Crippen LogP) is 0.747. The lowest BCUT2D eigenvalue weighted by Gasteiger charge is -2.28. The van der Waals surface area contributed by atoms with Crippen molar-refractivity contribution in [1.82, 2.24) is 19.4 Å². The summed E-state index contributed by atoms with van der Waals surface area (Å²) in [5, 5.41) is 0. The van der Waals surface area contributed by atoms with Crippen LogP contribution < -0.4 is 0 Å². The van der Waals surface area contributed by atoms with Crippen LogP contribution in [0.3, 0.4) is 0 Å². The van der Waals surface area contributed by atoms with Gasteiger partial charge >= 0.3 is 0 Å². The summed E-state index contributed by atoms with van der Waals surface area (Å²) in [6.45, 7) is 1.69. The van der Waals surface area contributed by atoms with Crippen molar-refractivity contribution in [2.24, 2.45) is 0 Å². The minimum Gasteiger partial charge on any atom is -0.331 e. The molecule has 0 aromatic carbocycles. The second-order valence-corrected chi connectivity index (χ2v) is 4.35. The summed E-state index contributed by atoms with van der Waals surface area (Å²) in [4.78, 5) is 32.9. The van der Waals surface area contributed by atoms with Crippen LogP contribution in [0.5, 0.6) is 0 Å². The summed E-state index contributed by atoms with van der Waals surface area (Å²) < 4.78 is 1.92. The van der Waals surface area contributed by atoms with Gasteiger partial charge in [0.05, 0.1) is 18.6 Å². The molecule has 0 unspecified atom stereocenters. The number of fused-ring (bicyclic) bond motifs is 1. The second kappa shape index (κ2) is 4.64. The van der Waals surface area contributed by atoms with Gasteiger partial charge in [-0.15, -0.1) is 0 Å². The maximum Gasteiger partial charge on any atom is 0.254 e. The fourth-order valence-corrected chi connectivity index (χ4v) is 2.22. The van der Waals surface area contributed by atoms with Crippen LogP contribution in [0.1, 0.15) is 26.5 Å². The van der Waals surface area contributed by atoms with E-state index in [4.69, 9.17) is 0 Å². The Labute approximate surface area is 109 Å². The highest BCUT2D eigenvalue weighted by molar-refractivity contribution is 5.94. The smallest absolute Gasteiger partial charge is 0.254 e. The highest BCUT2D eigenvalue weighted by Gasteiger charge is 2.24. The van der Waals surface area contributed by atoms with Crippen molar-refractivity contribution in [2.75, 3.05) is 6.54 Å². The van der Waals surface area contributed by atoms with Crippen LogP contribution in [0, 0.1) is 0 Å². The van der Waals surface area contributed by atoms with E-state index in [2.05, 4.69) is 9.97 Å². The van der Waals surface area contributed by atoms with Crippen molar-refractivity contribution in [2.45, 2.75) is 13.1 Å². The van der Waals surface area contributed by atoms with Gasteiger partial charge in [-0.1, -0.05) is 0 Å². The van der Waals surface area contributed by atoms with E-state index in [1.807, 2.05) is 4.57 Å². The Morgan fingerprint density at radius 3 is 2.79 bits per heavy atom. The normalized spacial score (nSPS) is 14.0. The molecule has 0 N–H and O–H groups in total. The van der Waals surface area contributed by atoms with Gasteiger partial charge in [-0.25, -0.2) is 4.98 Å². The van der Waals surface area contributed by atoms with E-state index < -0.39 is 0 Å². The quantitative estimate of drug-likeness (QED) is 0.743. The molecule has 2 aromatic heterocycles. The number of amides is 1. The number of rotatable bonds is 2. The fourth-order valence-electron chi connectivity index (χ4n) is 2.22. The number of carbonyl (C=O) groups is 2. The largest absolute Gasteiger partial charge is 0.331 e. The van der Waals surface area contributed by atoms with Crippen LogP contribution in [0.2, 0.25) is 0 Å². The minimum atomic E-state index is -0.0494. The number of aldehydes is 1. The monoisotopic (exact) mass is 256 g/mol. The van der Waals surface area contributed by atoms with Gasteiger partial charge in [0, 0.05) is 31.0 Å². The standard InChI is InChI=1S/C13H12N4O2/c18-8-11-12-7-16(5-6-17(12)9-15-11)13(19)10-1-3-14-4-2-10/h1-4,8-9H,5-7H2. The molecule has 0 fully saturated rings. The predicted molar refractivity (Wildman–Crippen MR) is 66.6 cm³/mol. The fraction of sp³-hybridized carbons (Fsp3) is 0.231. The zero-order chi connectivity index (χ0) is 13.2. The molecule has 3 heterocycles. The summed E-state index contributed by atoms with van der Waals surface area (Å²) in [5.41, 5.74) is 1.81. The summed E-state index contributed by atoms with van der Waals surface area (Å²) >= 11 is 0. The van der Waals surface area contributed by atoms with E-state index in [1.54, 1.807) is 35.8 Å². The number of aromatic nitrogens is 3. The van der Waals surface area contributed by atoms with Gasteiger partial charge in [0.15, 0.2) is 6.29 Å². The molecule has 1 aliphatic rings. The molecule has 19 heavy (non-hydrogen) atoms. The van der Waals surface area contributed by atoms with Gasteiger partial charge in [-0.3, -0.25) is 14.6 Å². The van der Waals surface area contributed by atoms with E-state index in [0.717, 1.165) is 12.0 Å². The van der Waals surface area contributed by atoms with Crippen LogP contribution in [0.4, 0.5) is 0 Å². The van der Waals surface area contributed by atoms with E-state index in [9.17, 15) is 9.59 Å². The van der Waals surface area contributed by atoms with Crippen molar-refractivity contribution >= 4 is 12.2 Å². The lowest BCUT2D eigenvalue weighted by molar-refractivity contribution is 0.0709. The molecule has 0 bridgehead atoms. The number of hydrogen-bond donors (Lipinski definition) is 0. The van der Waals surface area contributed by atoms with Crippen molar-refractivity contribution in [3.05, 3.63) is 47.8 Å². The average Bonchev–Trinajstić information content (AvgIpc) is 2.89. The Morgan fingerprint density at radius 1 is 1.26 bits per heavy atom. The first-order valence-corrected chi connectivity index (χ1v) is 5.98. The Hall–Kier alpha value is -2.50. The third-order valence-corrected chi connectivity index (χ3v) is 3.26. The molecule has 1 amide bonds. The van der Waals surface area contributed by atoms with Crippen LogP contribution in [-0.2, 0) is 13.1 Å². The van der Waals surface area contributed by atoms with Crippen molar-refractivity contribution in [3.8, 4) is 0 Å².